The van der Waals surface area contributed by atoms with Crippen LogP contribution in [0.5, 0.6) is 0 Å². The minimum absolute atomic E-state index is 0.0454. The van der Waals surface area contributed by atoms with Gasteiger partial charge in [-0.1, -0.05) is 24.3 Å². The summed E-state index contributed by atoms with van der Waals surface area (Å²) >= 11 is 0. The van der Waals surface area contributed by atoms with Crippen LogP contribution in [0.1, 0.15) is 34.6 Å². The summed E-state index contributed by atoms with van der Waals surface area (Å²) in [4.78, 5) is 18.9. The Bertz CT molecular complexity index is 599. The van der Waals surface area contributed by atoms with Gasteiger partial charge in [0.05, 0.1) is 6.04 Å². The Balaban J connectivity index is 2.27. The lowest BCUT2D eigenvalue weighted by Crippen LogP contribution is -2.14. The minimum atomic E-state index is -1.09. The average Bonchev–Trinajstić information content (AvgIpc) is 2.39. The molecule has 0 saturated carbocycles. The molecular formula is C14H15N3O2. The normalized spacial score (nSPS) is 11.9. The molecule has 1 heterocycles. The summed E-state index contributed by atoms with van der Waals surface area (Å²) in [6.45, 7) is 3.98. The van der Waals surface area contributed by atoms with Crippen LogP contribution >= 0.6 is 0 Å². The molecule has 2 N–H and O–H groups in total. The zero-order valence-corrected chi connectivity index (χ0v) is 10.8. The zero-order valence-electron chi connectivity index (χ0n) is 10.8. The fraction of sp³-hybridized carbons (Fsp3) is 0.214. The van der Waals surface area contributed by atoms with E-state index in [4.69, 9.17) is 5.11 Å². The number of hydrogen-bond donors (Lipinski definition) is 2. The lowest BCUT2D eigenvalue weighted by Gasteiger charge is -2.17. The van der Waals surface area contributed by atoms with Crippen molar-refractivity contribution in [1.82, 2.24) is 9.97 Å². The molecule has 0 bridgehead atoms. The Morgan fingerprint density at radius 2 is 1.95 bits per heavy atom. The molecule has 2 rings (SSSR count). The number of hydrogen-bond acceptors (Lipinski definition) is 4. The van der Waals surface area contributed by atoms with Crippen molar-refractivity contribution in [3.05, 3.63) is 53.5 Å². The molecule has 1 unspecified atom stereocenters. The summed E-state index contributed by atoms with van der Waals surface area (Å²) in [5, 5.41) is 12.2. The molecule has 2 aromatic rings. The van der Waals surface area contributed by atoms with Crippen LogP contribution < -0.4 is 5.32 Å². The van der Waals surface area contributed by atoms with Crippen molar-refractivity contribution < 1.29 is 9.90 Å². The molecule has 0 aliphatic carbocycles. The quantitative estimate of drug-likeness (QED) is 0.880. The largest absolute Gasteiger partial charge is 0.476 e. The van der Waals surface area contributed by atoms with Gasteiger partial charge in [0.1, 0.15) is 0 Å². The smallest absolute Gasteiger partial charge is 0.358 e. The van der Waals surface area contributed by atoms with Gasteiger partial charge in [-0.15, -0.1) is 0 Å². The van der Waals surface area contributed by atoms with Crippen molar-refractivity contribution in [3.8, 4) is 0 Å². The van der Waals surface area contributed by atoms with E-state index in [-0.39, 0.29) is 17.6 Å². The second kappa shape index (κ2) is 5.48. The summed E-state index contributed by atoms with van der Waals surface area (Å²) < 4.78 is 0. The lowest BCUT2D eigenvalue weighted by molar-refractivity contribution is 0.0691. The van der Waals surface area contributed by atoms with E-state index in [9.17, 15) is 4.79 Å². The lowest BCUT2D eigenvalue weighted by atomic mass is 10.0. The van der Waals surface area contributed by atoms with Crippen LogP contribution in [-0.4, -0.2) is 21.0 Å². The van der Waals surface area contributed by atoms with Crippen LogP contribution in [-0.2, 0) is 0 Å². The van der Waals surface area contributed by atoms with Crippen molar-refractivity contribution in [2.24, 2.45) is 0 Å². The number of carbonyl (C=O) groups is 1. The number of aromatic carboxylic acids is 1. The van der Waals surface area contributed by atoms with Gasteiger partial charge in [-0.3, -0.25) is 0 Å². The van der Waals surface area contributed by atoms with E-state index in [0.29, 0.717) is 0 Å². The van der Waals surface area contributed by atoms with Crippen molar-refractivity contribution in [1.29, 1.82) is 0 Å². The number of aryl methyl sites for hydroxylation is 1. The van der Waals surface area contributed by atoms with Crippen molar-refractivity contribution in [2.75, 3.05) is 5.32 Å². The number of carboxylic acid groups (broad SMARTS) is 1. The van der Waals surface area contributed by atoms with Crippen molar-refractivity contribution in [3.63, 3.8) is 0 Å². The molecule has 5 heteroatoms. The SMILES string of the molecule is Cc1ccccc1C(C)Nc1nccnc1C(=O)O. The molecule has 1 atom stereocenters. The van der Waals surface area contributed by atoms with Gasteiger partial charge in [0.25, 0.3) is 0 Å². The highest BCUT2D eigenvalue weighted by Crippen LogP contribution is 2.21. The van der Waals surface area contributed by atoms with Crippen LogP contribution in [0.15, 0.2) is 36.7 Å². The van der Waals surface area contributed by atoms with Gasteiger partial charge in [-0.05, 0) is 25.0 Å². The Morgan fingerprint density at radius 1 is 1.26 bits per heavy atom. The van der Waals surface area contributed by atoms with E-state index in [1.54, 1.807) is 0 Å². The van der Waals surface area contributed by atoms with E-state index in [1.807, 2.05) is 38.1 Å². The molecule has 0 fully saturated rings. The minimum Gasteiger partial charge on any atom is -0.476 e. The zero-order chi connectivity index (χ0) is 13.8. The highest BCUT2D eigenvalue weighted by Gasteiger charge is 2.15. The molecule has 98 valence electrons. The number of aromatic nitrogens is 2. The van der Waals surface area contributed by atoms with Gasteiger partial charge in [0.15, 0.2) is 11.5 Å². The number of nitrogens with one attached hydrogen (secondary N) is 1. The van der Waals surface area contributed by atoms with Crippen LogP contribution in [0, 0.1) is 6.92 Å². The Hall–Kier alpha value is -2.43. The third-order valence-electron chi connectivity index (χ3n) is 2.91. The summed E-state index contributed by atoms with van der Waals surface area (Å²) in [6, 6.07) is 7.90. The molecule has 1 aromatic heterocycles. The second-order valence-electron chi connectivity index (χ2n) is 4.28. The first-order valence-corrected chi connectivity index (χ1v) is 5.96. The number of benzene rings is 1. The van der Waals surface area contributed by atoms with Gasteiger partial charge in [-0.25, -0.2) is 14.8 Å². The van der Waals surface area contributed by atoms with E-state index in [1.165, 1.54) is 12.4 Å². The fourth-order valence-electron chi connectivity index (χ4n) is 1.96. The van der Waals surface area contributed by atoms with Gasteiger partial charge < -0.3 is 10.4 Å². The van der Waals surface area contributed by atoms with Crippen LogP contribution in [0.4, 0.5) is 5.82 Å². The first-order chi connectivity index (χ1) is 9.09. The number of nitrogens with zero attached hydrogens (tertiary/aromatic N) is 2. The van der Waals surface area contributed by atoms with Crippen molar-refractivity contribution in [2.45, 2.75) is 19.9 Å². The van der Waals surface area contributed by atoms with Gasteiger partial charge in [0, 0.05) is 12.4 Å². The fourth-order valence-corrected chi connectivity index (χ4v) is 1.96. The molecule has 0 aliphatic heterocycles. The molecule has 0 saturated heterocycles. The Labute approximate surface area is 111 Å². The molecular weight excluding hydrogens is 242 g/mol. The predicted octanol–water partition coefficient (Wildman–Crippen LogP) is 2.66. The maximum absolute atomic E-state index is 11.1. The average molecular weight is 257 g/mol. The summed E-state index contributed by atoms with van der Waals surface area (Å²) in [7, 11) is 0. The van der Waals surface area contributed by atoms with Crippen LogP contribution in [0.3, 0.4) is 0 Å². The molecule has 0 radical (unpaired) electrons. The van der Waals surface area contributed by atoms with E-state index in [0.717, 1.165) is 11.1 Å². The highest BCUT2D eigenvalue weighted by atomic mass is 16.4. The van der Waals surface area contributed by atoms with E-state index < -0.39 is 5.97 Å². The topological polar surface area (TPSA) is 75.1 Å². The van der Waals surface area contributed by atoms with E-state index >= 15 is 0 Å². The highest BCUT2D eigenvalue weighted by molar-refractivity contribution is 5.90. The molecule has 0 amide bonds. The summed E-state index contributed by atoms with van der Waals surface area (Å²) in [5.41, 5.74) is 2.18. The molecule has 0 aliphatic rings. The molecule has 0 spiro atoms. The molecule has 1 aromatic carbocycles. The molecule has 5 nitrogen and oxygen atoms in total. The summed E-state index contributed by atoms with van der Waals surface area (Å²) in [6.07, 6.45) is 2.84. The number of carboxylic acids is 1. The maximum Gasteiger partial charge on any atom is 0.358 e. The van der Waals surface area contributed by atoms with Crippen LogP contribution in [0.2, 0.25) is 0 Å². The standard InChI is InChI=1S/C14H15N3O2/c1-9-5-3-4-6-11(9)10(2)17-13-12(14(18)19)15-7-8-16-13/h3-8,10H,1-2H3,(H,16,17)(H,18,19). The third kappa shape index (κ3) is 2.88. The second-order valence-corrected chi connectivity index (χ2v) is 4.28. The van der Waals surface area contributed by atoms with Gasteiger partial charge in [0.2, 0.25) is 0 Å². The maximum atomic E-state index is 11.1. The first-order valence-electron chi connectivity index (χ1n) is 5.96. The van der Waals surface area contributed by atoms with Crippen LogP contribution in [0.25, 0.3) is 0 Å². The number of rotatable bonds is 4. The predicted molar refractivity (Wildman–Crippen MR) is 72.2 cm³/mol. The first kappa shape index (κ1) is 13.0. The Morgan fingerprint density at radius 3 is 2.63 bits per heavy atom. The monoisotopic (exact) mass is 257 g/mol. The van der Waals surface area contributed by atoms with Gasteiger partial charge in [-0.2, -0.15) is 0 Å². The summed E-state index contributed by atoms with van der Waals surface area (Å²) in [5.74, 6) is -0.807. The molecule has 19 heavy (non-hydrogen) atoms. The third-order valence-corrected chi connectivity index (χ3v) is 2.91. The Kier molecular flexibility index (Phi) is 3.75. The number of anilines is 1. The van der Waals surface area contributed by atoms with Gasteiger partial charge >= 0.3 is 5.97 Å². The van der Waals surface area contributed by atoms with E-state index in [2.05, 4.69) is 15.3 Å². The van der Waals surface area contributed by atoms with Crippen molar-refractivity contribution >= 4 is 11.8 Å².